The van der Waals surface area contributed by atoms with Gasteiger partial charge in [0.05, 0.1) is 29.9 Å². The molecule has 0 bridgehead atoms. The molecule has 1 aromatic carbocycles. The molecule has 8 nitrogen and oxygen atoms in total. The Morgan fingerprint density at radius 2 is 2.09 bits per heavy atom. The fourth-order valence-electron chi connectivity index (χ4n) is 1.86. The van der Waals surface area contributed by atoms with Gasteiger partial charge < -0.3 is 9.47 Å². The average molecular weight is 303 g/mol. The first-order chi connectivity index (χ1) is 10.6. The first kappa shape index (κ1) is 15.4. The van der Waals surface area contributed by atoms with Crippen LogP contribution in [0.3, 0.4) is 0 Å². The molecule has 1 aromatic heterocycles. The number of aromatic nitrogens is 2. The Kier molecular flexibility index (Phi) is 4.62. The number of rotatable bonds is 5. The highest BCUT2D eigenvalue weighted by Gasteiger charge is 2.23. The second kappa shape index (κ2) is 6.61. The van der Waals surface area contributed by atoms with E-state index in [0.29, 0.717) is 0 Å². The van der Waals surface area contributed by atoms with Crippen molar-refractivity contribution in [2.45, 2.75) is 6.92 Å². The molecule has 0 aliphatic carbocycles. The molecule has 0 unspecified atom stereocenters. The standard InChI is InChI=1S/C14H13N3O5/c1-3-22-13(18)10-8-15-14(21-2)16-12(10)9-6-4-5-7-11(9)17(19)20/h4-8H,3H2,1-2H3. The molecular weight excluding hydrogens is 290 g/mol. The van der Waals surface area contributed by atoms with Crippen molar-refractivity contribution >= 4 is 11.7 Å². The molecule has 8 heteroatoms. The maximum Gasteiger partial charge on any atom is 0.341 e. The van der Waals surface area contributed by atoms with E-state index in [1.54, 1.807) is 13.0 Å². The summed E-state index contributed by atoms with van der Waals surface area (Å²) in [6, 6.07) is 5.98. The highest BCUT2D eigenvalue weighted by atomic mass is 16.6. The molecule has 0 fully saturated rings. The fraction of sp³-hybridized carbons (Fsp3) is 0.214. The van der Waals surface area contributed by atoms with Gasteiger partial charge in [0.2, 0.25) is 0 Å². The average Bonchev–Trinajstić information content (AvgIpc) is 2.54. The number of benzene rings is 1. The first-order valence-corrected chi connectivity index (χ1v) is 6.40. The summed E-state index contributed by atoms with van der Waals surface area (Å²) in [6.07, 6.45) is 1.23. The van der Waals surface area contributed by atoms with Crippen LogP contribution in [0.2, 0.25) is 0 Å². The molecule has 0 amide bonds. The van der Waals surface area contributed by atoms with E-state index in [9.17, 15) is 14.9 Å². The minimum atomic E-state index is -0.654. The van der Waals surface area contributed by atoms with Crippen LogP contribution in [0.4, 0.5) is 5.69 Å². The Morgan fingerprint density at radius 1 is 1.36 bits per heavy atom. The SMILES string of the molecule is CCOC(=O)c1cnc(OC)nc1-c1ccccc1[N+](=O)[O-]. The third-order valence-electron chi connectivity index (χ3n) is 2.80. The normalized spacial score (nSPS) is 10.1. The number of methoxy groups -OCH3 is 1. The number of ether oxygens (including phenoxy) is 2. The van der Waals surface area contributed by atoms with Gasteiger partial charge in [-0.3, -0.25) is 10.1 Å². The molecular formula is C14H13N3O5. The van der Waals surface area contributed by atoms with Crippen molar-refractivity contribution in [1.82, 2.24) is 9.97 Å². The van der Waals surface area contributed by atoms with Crippen molar-refractivity contribution in [1.29, 1.82) is 0 Å². The largest absolute Gasteiger partial charge is 0.467 e. The molecule has 0 saturated carbocycles. The zero-order valence-electron chi connectivity index (χ0n) is 12.0. The molecule has 2 aromatic rings. The number of nitrogens with zero attached hydrogens (tertiary/aromatic N) is 3. The van der Waals surface area contributed by atoms with Crippen molar-refractivity contribution in [3.05, 3.63) is 46.1 Å². The molecule has 0 N–H and O–H groups in total. The van der Waals surface area contributed by atoms with Crippen molar-refractivity contribution in [2.75, 3.05) is 13.7 Å². The van der Waals surface area contributed by atoms with Gasteiger partial charge in [0.25, 0.3) is 5.69 Å². The van der Waals surface area contributed by atoms with Crippen LogP contribution in [0.25, 0.3) is 11.3 Å². The molecule has 1 heterocycles. The Balaban J connectivity index is 2.67. The van der Waals surface area contributed by atoms with Crippen LogP contribution in [0.15, 0.2) is 30.5 Å². The van der Waals surface area contributed by atoms with Gasteiger partial charge in [-0.1, -0.05) is 12.1 Å². The number of carbonyl (C=O) groups excluding carboxylic acids is 1. The molecule has 0 atom stereocenters. The van der Waals surface area contributed by atoms with Crippen LogP contribution >= 0.6 is 0 Å². The third kappa shape index (κ3) is 3.00. The van der Waals surface area contributed by atoms with E-state index in [1.807, 2.05) is 0 Å². The highest BCUT2D eigenvalue weighted by Crippen LogP contribution is 2.31. The topological polar surface area (TPSA) is 104 Å². The number of para-hydroxylation sites is 1. The number of hydrogen-bond donors (Lipinski definition) is 0. The van der Waals surface area contributed by atoms with Gasteiger partial charge in [0.15, 0.2) is 0 Å². The molecule has 2 rings (SSSR count). The maximum atomic E-state index is 12.0. The van der Waals surface area contributed by atoms with Gasteiger partial charge in [-0.15, -0.1) is 0 Å². The minimum Gasteiger partial charge on any atom is -0.467 e. The van der Waals surface area contributed by atoms with Gasteiger partial charge in [0.1, 0.15) is 5.56 Å². The molecule has 114 valence electrons. The predicted molar refractivity (Wildman–Crippen MR) is 76.6 cm³/mol. The Hall–Kier alpha value is -3.03. The monoisotopic (exact) mass is 303 g/mol. The van der Waals surface area contributed by atoms with E-state index in [1.165, 1.54) is 31.5 Å². The van der Waals surface area contributed by atoms with Crippen LogP contribution in [0.5, 0.6) is 6.01 Å². The van der Waals surface area contributed by atoms with Crippen LogP contribution in [0, 0.1) is 10.1 Å². The Labute approximate surface area is 125 Å². The highest BCUT2D eigenvalue weighted by molar-refractivity contribution is 5.97. The molecule has 0 spiro atoms. The summed E-state index contributed by atoms with van der Waals surface area (Å²) in [5.74, 6) is -0.654. The number of carbonyl (C=O) groups is 1. The number of hydrogen-bond acceptors (Lipinski definition) is 7. The van der Waals surface area contributed by atoms with Crippen LogP contribution in [0.1, 0.15) is 17.3 Å². The lowest BCUT2D eigenvalue weighted by molar-refractivity contribution is -0.384. The van der Waals surface area contributed by atoms with Gasteiger partial charge in [-0.2, -0.15) is 4.98 Å². The van der Waals surface area contributed by atoms with Crippen molar-refractivity contribution < 1.29 is 19.2 Å². The number of nitro benzene ring substituents is 1. The van der Waals surface area contributed by atoms with Gasteiger partial charge in [-0.05, 0) is 13.0 Å². The van der Waals surface area contributed by atoms with Crippen LogP contribution in [-0.4, -0.2) is 34.6 Å². The van der Waals surface area contributed by atoms with Crippen molar-refractivity contribution in [2.24, 2.45) is 0 Å². The maximum absolute atomic E-state index is 12.0. The van der Waals surface area contributed by atoms with Gasteiger partial charge >= 0.3 is 12.0 Å². The summed E-state index contributed by atoms with van der Waals surface area (Å²) in [5, 5.41) is 11.2. The summed E-state index contributed by atoms with van der Waals surface area (Å²) in [4.78, 5) is 30.6. The second-order valence-electron chi connectivity index (χ2n) is 4.11. The first-order valence-electron chi connectivity index (χ1n) is 6.40. The smallest absolute Gasteiger partial charge is 0.341 e. The van der Waals surface area contributed by atoms with Crippen molar-refractivity contribution in [3.63, 3.8) is 0 Å². The van der Waals surface area contributed by atoms with Crippen molar-refractivity contribution in [3.8, 4) is 17.3 Å². The minimum absolute atomic E-state index is 0.00111. The zero-order valence-corrected chi connectivity index (χ0v) is 12.0. The summed E-state index contributed by atoms with van der Waals surface area (Å²) in [5.41, 5.74) is 0.152. The summed E-state index contributed by atoms with van der Waals surface area (Å²) in [7, 11) is 1.36. The van der Waals surface area contributed by atoms with Crippen LogP contribution < -0.4 is 4.74 Å². The quantitative estimate of drug-likeness (QED) is 0.474. The summed E-state index contributed by atoms with van der Waals surface area (Å²) < 4.78 is 9.86. The van der Waals surface area contributed by atoms with Gasteiger partial charge in [-0.25, -0.2) is 9.78 Å². The molecule has 0 aliphatic heterocycles. The molecule has 0 aliphatic rings. The molecule has 0 radical (unpaired) electrons. The lowest BCUT2D eigenvalue weighted by Crippen LogP contribution is -2.10. The van der Waals surface area contributed by atoms with E-state index >= 15 is 0 Å². The number of nitro groups is 1. The third-order valence-corrected chi connectivity index (χ3v) is 2.80. The van der Waals surface area contributed by atoms with E-state index in [2.05, 4.69) is 9.97 Å². The lowest BCUT2D eigenvalue weighted by Gasteiger charge is -2.09. The molecule has 22 heavy (non-hydrogen) atoms. The van der Waals surface area contributed by atoms with E-state index in [4.69, 9.17) is 9.47 Å². The number of esters is 1. The Morgan fingerprint density at radius 3 is 2.73 bits per heavy atom. The Bertz CT molecular complexity index is 717. The zero-order chi connectivity index (χ0) is 16.1. The summed E-state index contributed by atoms with van der Waals surface area (Å²) in [6.45, 7) is 1.83. The van der Waals surface area contributed by atoms with Gasteiger partial charge in [0, 0.05) is 12.3 Å². The predicted octanol–water partition coefficient (Wildman–Crippen LogP) is 2.24. The van der Waals surface area contributed by atoms with E-state index in [-0.39, 0.29) is 35.1 Å². The second-order valence-corrected chi connectivity index (χ2v) is 4.11. The van der Waals surface area contributed by atoms with E-state index in [0.717, 1.165) is 0 Å². The molecule has 0 saturated heterocycles. The van der Waals surface area contributed by atoms with Crippen LogP contribution in [-0.2, 0) is 4.74 Å². The van der Waals surface area contributed by atoms with E-state index < -0.39 is 10.9 Å². The fourth-order valence-corrected chi connectivity index (χ4v) is 1.86. The lowest BCUT2D eigenvalue weighted by atomic mass is 10.1. The summed E-state index contributed by atoms with van der Waals surface area (Å²) >= 11 is 0.